The molecule has 1 aromatic heterocycles. The first kappa shape index (κ1) is 21.6. The van der Waals surface area contributed by atoms with Crippen LogP contribution < -0.4 is 9.47 Å². The number of thiazole rings is 1. The van der Waals surface area contributed by atoms with Gasteiger partial charge in [-0.3, -0.25) is 4.79 Å². The number of methoxy groups -OCH3 is 1. The maximum Gasteiger partial charge on any atom is 0.226 e. The molecule has 0 aliphatic heterocycles. The zero-order chi connectivity index (χ0) is 20.8. The van der Waals surface area contributed by atoms with Crippen LogP contribution in [-0.2, 0) is 24.6 Å². The Balaban J connectivity index is 1.72. The zero-order valence-corrected chi connectivity index (χ0v) is 18.2. The Hall–Kier alpha value is -2.12. The van der Waals surface area contributed by atoms with Gasteiger partial charge < -0.3 is 19.5 Å². The first-order chi connectivity index (χ1) is 14.0. The number of nitrogens with zero attached hydrogens (tertiary/aromatic N) is 2. The largest absolute Gasteiger partial charge is 0.493 e. The van der Waals surface area contributed by atoms with E-state index in [0.29, 0.717) is 30.3 Å². The molecule has 158 valence electrons. The SMILES string of the molecule is COc1ccc(CN(C(=O)C2CCCC2)C(C)C)cc1OCc1nc(CO)cs1. The number of ether oxygens (including phenoxy) is 2. The highest BCUT2D eigenvalue weighted by molar-refractivity contribution is 7.09. The van der Waals surface area contributed by atoms with Crippen LogP contribution >= 0.6 is 11.3 Å². The van der Waals surface area contributed by atoms with Crippen molar-refractivity contribution < 1.29 is 19.4 Å². The molecular formula is C22H30N2O4S. The van der Waals surface area contributed by atoms with E-state index in [0.717, 1.165) is 36.3 Å². The van der Waals surface area contributed by atoms with Crippen molar-refractivity contribution in [1.82, 2.24) is 9.88 Å². The molecule has 1 aliphatic rings. The predicted octanol–water partition coefficient (Wildman–Crippen LogP) is 4.15. The second-order valence-electron chi connectivity index (χ2n) is 7.71. The van der Waals surface area contributed by atoms with Crippen molar-refractivity contribution in [2.45, 2.75) is 65.3 Å². The Bertz CT molecular complexity index is 815. The summed E-state index contributed by atoms with van der Waals surface area (Å²) in [5.41, 5.74) is 1.66. The van der Waals surface area contributed by atoms with Gasteiger partial charge in [0.1, 0.15) is 11.6 Å². The van der Waals surface area contributed by atoms with E-state index in [9.17, 15) is 4.79 Å². The van der Waals surface area contributed by atoms with E-state index in [2.05, 4.69) is 18.8 Å². The van der Waals surface area contributed by atoms with Crippen LogP contribution in [0.25, 0.3) is 0 Å². The summed E-state index contributed by atoms with van der Waals surface area (Å²) < 4.78 is 11.4. The molecule has 0 spiro atoms. The third-order valence-electron chi connectivity index (χ3n) is 5.30. The number of hydrogen-bond acceptors (Lipinski definition) is 6. The van der Waals surface area contributed by atoms with Gasteiger partial charge in [-0.15, -0.1) is 11.3 Å². The molecule has 1 N–H and O–H groups in total. The molecule has 1 fully saturated rings. The highest BCUT2D eigenvalue weighted by Gasteiger charge is 2.28. The van der Waals surface area contributed by atoms with E-state index in [1.54, 1.807) is 7.11 Å². The molecule has 0 unspecified atom stereocenters. The van der Waals surface area contributed by atoms with E-state index in [4.69, 9.17) is 14.6 Å². The van der Waals surface area contributed by atoms with Crippen LogP contribution in [0.15, 0.2) is 23.6 Å². The summed E-state index contributed by atoms with van der Waals surface area (Å²) in [5.74, 6) is 1.70. The number of carbonyl (C=O) groups excluding carboxylic acids is 1. The number of carbonyl (C=O) groups is 1. The summed E-state index contributed by atoms with van der Waals surface area (Å²) in [6.07, 6.45) is 4.31. The second kappa shape index (κ2) is 10.1. The van der Waals surface area contributed by atoms with Crippen LogP contribution in [0, 0.1) is 5.92 Å². The molecule has 2 aromatic rings. The van der Waals surface area contributed by atoms with E-state index in [-0.39, 0.29) is 24.5 Å². The third kappa shape index (κ3) is 5.48. The lowest BCUT2D eigenvalue weighted by molar-refractivity contribution is -0.137. The van der Waals surface area contributed by atoms with Gasteiger partial charge >= 0.3 is 0 Å². The number of benzene rings is 1. The summed E-state index contributed by atoms with van der Waals surface area (Å²) >= 11 is 1.45. The number of aromatic nitrogens is 1. The smallest absolute Gasteiger partial charge is 0.226 e. The Morgan fingerprint density at radius 2 is 2.07 bits per heavy atom. The molecule has 0 atom stereocenters. The summed E-state index contributed by atoms with van der Waals surface area (Å²) in [6.45, 7) is 4.91. The fourth-order valence-electron chi connectivity index (χ4n) is 3.68. The van der Waals surface area contributed by atoms with Crippen molar-refractivity contribution in [1.29, 1.82) is 0 Å². The zero-order valence-electron chi connectivity index (χ0n) is 17.4. The van der Waals surface area contributed by atoms with Crippen LogP contribution in [0.4, 0.5) is 0 Å². The van der Waals surface area contributed by atoms with Crippen molar-refractivity contribution in [3.8, 4) is 11.5 Å². The first-order valence-corrected chi connectivity index (χ1v) is 11.0. The highest BCUT2D eigenvalue weighted by atomic mass is 32.1. The van der Waals surface area contributed by atoms with Gasteiger partial charge in [-0.05, 0) is 44.4 Å². The van der Waals surface area contributed by atoms with Crippen molar-refractivity contribution in [3.05, 3.63) is 39.8 Å². The van der Waals surface area contributed by atoms with Gasteiger partial charge in [-0.25, -0.2) is 4.98 Å². The molecule has 1 amide bonds. The van der Waals surface area contributed by atoms with Gasteiger partial charge in [-0.1, -0.05) is 18.9 Å². The minimum atomic E-state index is -0.0740. The van der Waals surface area contributed by atoms with Gasteiger partial charge in [0.2, 0.25) is 5.91 Å². The lowest BCUT2D eigenvalue weighted by atomic mass is 10.0. The van der Waals surface area contributed by atoms with E-state index < -0.39 is 0 Å². The van der Waals surface area contributed by atoms with E-state index >= 15 is 0 Å². The Kier molecular flexibility index (Phi) is 7.50. The maximum atomic E-state index is 13.0. The maximum absolute atomic E-state index is 13.0. The molecule has 1 aliphatic carbocycles. The van der Waals surface area contributed by atoms with Gasteiger partial charge in [0.15, 0.2) is 11.5 Å². The highest BCUT2D eigenvalue weighted by Crippen LogP contribution is 2.31. The molecule has 29 heavy (non-hydrogen) atoms. The number of rotatable bonds is 9. The molecule has 7 heteroatoms. The van der Waals surface area contributed by atoms with Crippen molar-refractivity contribution in [3.63, 3.8) is 0 Å². The summed E-state index contributed by atoms with van der Waals surface area (Å²) in [4.78, 5) is 19.3. The number of aliphatic hydroxyl groups is 1. The van der Waals surface area contributed by atoms with Crippen LogP contribution in [-0.4, -0.2) is 34.0 Å². The second-order valence-corrected chi connectivity index (χ2v) is 8.65. The number of aliphatic hydroxyl groups excluding tert-OH is 1. The van der Waals surface area contributed by atoms with Gasteiger partial charge in [0.25, 0.3) is 0 Å². The number of hydrogen-bond donors (Lipinski definition) is 1. The lowest BCUT2D eigenvalue weighted by Crippen LogP contribution is -2.39. The molecule has 3 rings (SSSR count). The van der Waals surface area contributed by atoms with Gasteiger partial charge in [-0.2, -0.15) is 0 Å². The first-order valence-electron chi connectivity index (χ1n) is 10.2. The number of amides is 1. The summed E-state index contributed by atoms with van der Waals surface area (Å²) in [7, 11) is 1.61. The Labute approximate surface area is 176 Å². The van der Waals surface area contributed by atoms with Crippen LogP contribution in [0.1, 0.15) is 55.8 Å². The quantitative estimate of drug-likeness (QED) is 0.662. The molecule has 1 aromatic carbocycles. The topological polar surface area (TPSA) is 71.9 Å². The normalized spacial score (nSPS) is 14.4. The molecule has 0 bridgehead atoms. The molecule has 0 radical (unpaired) electrons. The van der Waals surface area contributed by atoms with Crippen molar-refractivity contribution in [2.24, 2.45) is 5.92 Å². The van der Waals surface area contributed by atoms with E-state index in [1.807, 2.05) is 28.5 Å². The summed E-state index contributed by atoms with van der Waals surface area (Å²) in [6, 6.07) is 5.94. The Morgan fingerprint density at radius 3 is 2.69 bits per heavy atom. The average Bonchev–Trinajstić information content (AvgIpc) is 3.41. The average molecular weight is 419 g/mol. The van der Waals surface area contributed by atoms with Crippen molar-refractivity contribution >= 4 is 17.2 Å². The Morgan fingerprint density at radius 1 is 1.31 bits per heavy atom. The molecule has 0 saturated heterocycles. The molecular weight excluding hydrogens is 388 g/mol. The third-order valence-corrected chi connectivity index (χ3v) is 6.18. The fraction of sp³-hybridized carbons (Fsp3) is 0.545. The molecule has 6 nitrogen and oxygen atoms in total. The predicted molar refractivity (Wildman–Crippen MR) is 113 cm³/mol. The van der Waals surface area contributed by atoms with Crippen molar-refractivity contribution in [2.75, 3.05) is 7.11 Å². The monoisotopic (exact) mass is 418 g/mol. The lowest BCUT2D eigenvalue weighted by Gasteiger charge is -2.29. The summed E-state index contributed by atoms with van der Waals surface area (Å²) in [5, 5.41) is 11.8. The fourth-order valence-corrected chi connectivity index (χ4v) is 4.37. The molecule has 1 saturated carbocycles. The molecule has 1 heterocycles. The van der Waals surface area contributed by atoms with Crippen LogP contribution in [0.3, 0.4) is 0 Å². The minimum Gasteiger partial charge on any atom is -0.493 e. The van der Waals surface area contributed by atoms with Crippen LogP contribution in [0.2, 0.25) is 0 Å². The van der Waals surface area contributed by atoms with Gasteiger partial charge in [0.05, 0.1) is 19.4 Å². The van der Waals surface area contributed by atoms with E-state index in [1.165, 1.54) is 11.3 Å². The van der Waals surface area contributed by atoms with Crippen LogP contribution in [0.5, 0.6) is 11.5 Å². The van der Waals surface area contributed by atoms with Gasteiger partial charge in [0, 0.05) is 23.9 Å². The standard InChI is InChI=1S/C22H30N2O4S/c1-15(2)24(22(26)17-6-4-5-7-17)11-16-8-9-19(27-3)20(10-16)28-13-21-23-18(12-25)14-29-21/h8-10,14-15,17,25H,4-7,11-13H2,1-3H3. The minimum absolute atomic E-state index is 0.0740.